The maximum absolute atomic E-state index is 10.8. The van der Waals surface area contributed by atoms with Crippen LogP contribution in [0.2, 0.25) is 0 Å². The van der Waals surface area contributed by atoms with Gasteiger partial charge in [0.2, 0.25) is 0 Å². The van der Waals surface area contributed by atoms with Gasteiger partial charge in [0, 0.05) is 19.4 Å². The molecule has 13 heavy (non-hydrogen) atoms. The Morgan fingerprint density at radius 3 is 2.00 bits per heavy atom. The Balaban J connectivity index is 4.46. The molecule has 0 heterocycles. The third-order valence-corrected chi connectivity index (χ3v) is 1.94. The van der Waals surface area contributed by atoms with Crippen molar-refractivity contribution < 1.29 is 14.3 Å². The van der Waals surface area contributed by atoms with Crippen molar-refractivity contribution in [3.63, 3.8) is 0 Å². The summed E-state index contributed by atoms with van der Waals surface area (Å²) in [5.74, 6) is -0.260. The van der Waals surface area contributed by atoms with Crippen LogP contribution in [0.25, 0.3) is 0 Å². The van der Waals surface area contributed by atoms with Gasteiger partial charge in [-0.15, -0.1) is 0 Å². The van der Waals surface area contributed by atoms with Gasteiger partial charge in [0.05, 0.1) is 6.10 Å². The molecule has 78 valence electrons. The summed E-state index contributed by atoms with van der Waals surface area (Å²) in [5, 5.41) is 0. The summed E-state index contributed by atoms with van der Waals surface area (Å²) in [6.07, 6.45) is -0.279. The fraction of sp³-hybridized carbons (Fsp3) is 0.900. The van der Waals surface area contributed by atoms with E-state index in [1.807, 2.05) is 27.7 Å². The Kier molecular flexibility index (Phi) is 4.40. The summed E-state index contributed by atoms with van der Waals surface area (Å²) >= 11 is 0. The van der Waals surface area contributed by atoms with E-state index >= 15 is 0 Å². The van der Waals surface area contributed by atoms with Crippen LogP contribution in [0.15, 0.2) is 0 Å². The van der Waals surface area contributed by atoms with Crippen LogP contribution in [0.1, 0.15) is 34.6 Å². The number of hydrogen-bond acceptors (Lipinski definition) is 3. The average Bonchev–Trinajstić information content (AvgIpc) is 1.96. The van der Waals surface area contributed by atoms with Gasteiger partial charge in [-0.1, -0.05) is 20.8 Å². The third-order valence-electron chi connectivity index (χ3n) is 1.94. The largest absolute Gasteiger partial charge is 0.459 e. The van der Waals surface area contributed by atoms with Crippen molar-refractivity contribution >= 4 is 5.97 Å². The van der Waals surface area contributed by atoms with Gasteiger partial charge in [-0.25, -0.2) is 0 Å². The normalized spacial score (nSPS) is 16.5. The van der Waals surface area contributed by atoms with E-state index in [-0.39, 0.29) is 23.6 Å². The fourth-order valence-electron chi connectivity index (χ4n) is 1.28. The van der Waals surface area contributed by atoms with Gasteiger partial charge in [-0.3, -0.25) is 4.79 Å². The van der Waals surface area contributed by atoms with E-state index in [2.05, 4.69) is 0 Å². The van der Waals surface area contributed by atoms with Crippen LogP contribution < -0.4 is 0 Å². The SMILES string of the molecule is COC(C)C(OC(C)=O)C(C)(C)C. The molecule has 0 aromatic carbocycles. The molecule has 0 aliphatic heterocycles. The third kappa shape index (κ3) is 4.27. The number of hydrogen-bond donors (Lipinski definition) is 0. The van der Waals surface area contributed by atoms with Gasteiger partial charge in [-0.2, -0.15) is 0 Å². The van der Waals surface area contributed by atoms with E-state index in [0.29, 0.717) is 0 Å². The average molecular weight is 188 g/mol. The molecule has 0 spiro atoms. The van der Waals surface area contributed by atoms with Crippen LogP contribution in [0.3, 0.4) is 0 Å². The van der Waals surface area contributed by atoms with E-state index in [1.165, 1.54) is 6.92 Å². The monoisotopic (exact) mass is 188 g/mol. The molecule has 3 nitrogen and oxygen atoms in total. The minimum absolute atomic E-state index is 0.0797. The van der Waals surface area contributed by atoms with Crippen molar-refractivity contribution in [2.75, 3.05) is 7.11 Å². The summed E-state index contributed by atoms with van der Waals surface area (Å²) in [7, 11) is 1.62. The molecule has 0 aliphatic carbocycles. The molecule has 2 atom stereocenters. The molecule has 3 heteroatoms. The van der Waals surface area contributed by atoms with Crippen molar-refractivity contribution in [2.45, 2.75) is 46.8 Å². The van der Waals surface area contributed by atoms with Gasteiger partial charge >= 0.3 is 5.97 Å². The second-order valence-electron chi connectivity index (χ2n) is 4.34. The zero-order chi connectivity index (χ0) is 10.6. The molecule has 0 N–H and O–H groups in total. The Morgan fingerprint density at radius 1 is 1.31 bits per heavy atom. The lowest BCUT2D eigenvalue weighted by atomic mass is 9.86. The van der Waals surface area contributed by atoms with E-state index in [0.717, 1.165) is 0 Å². The minimum atomic E-state index is -0.260. The van der Waals surface area contributed by atoms with Gasteiger partial charge in [-0.05, 0) is 6.92 Å². The molecular weight excluding hydrogens is 168 g/mol. The van der Waals surface area contributed by atoms with Crippen molar-refractivity contribution in [3.05, 3.63) is 0 Å². The zero-order valence-electron chi connectivity index (χ0n) is 9.38. The summed E-state index contributed by atoms with van der Waals surface area (Å²) in [4.78, 5) is 10.8. The number of rotatable bonds is 3. The highest BCUT2D eigenvalue weighted by Crippen LogP contribution is 2.26. The number of esters is 1. The Hall–Kier alpha value is -0.570. The highest BCUT2D eigenvalue weighted by atomic mass is 16.6. The molecule has 0 saturated heterocycles. The smallest absolute Gasteiger partial charge is 0.303 e. The Bertz CT molecular complexity index is 169. The van der Waals surface area contributed by atoms with Crippen molar-refractivity contribution in [3.8, 4) is 0 Å². The van der Waals surface area contributed by atoms with E-state index < -0.39 is 0 Å². The van der Waals surface area contributed by atoms with Crippen molar-refractivity contribution in [1.29, 1.82) is 0 Å². The van der Waals surface area contributed by atoms with E-state index in [4.69, 9.17) is 9.47 Å². The first-order valence-corrected chi connectivity index (χ1v) is 4.49. The number of ether oxygens (including phenoxy) is 2. The number of methoxy groups -OCH3 is 1. The first-order chi connectivity index (χ1) is 5.79. The molecule has 0 bridgehead atoms. The highest BCUT2D eigenvalue weighted by molar-refractivity contribution is 5.66. The first-order valence-electron chi connectivity index (χ1n) is 4.49. The molecule has 0 saturated carbocycles. The molecular formula is C10H20O3. The maximum Gasteiger partial charge on any atom is 0.303 e. The molecule has 0 radical (unpaired) electrons. The predicted octanol–water partition coefficient (Wildman–Crippen LogP) is 2.00. The second kappa shape index (κ2) is 4.61. The van der Waals surface area contributed by atoms with Crippen LogP contribution in [0.4, 0.5) is 0 Å². The second-order valence-corrected chi connectivity index (χ2v) is 4.34. The Labute approximate surface area is 80.4 Å². The lowest BCUT2D eigenvalue weighted by molar-refractivity contribution is -0.162. The zero-order valence-corrected chi connectivity index (χ0v) is 9.38. The van der Waals surface area contributed by atoms with Crippen molar-refractivity contribution in [1.82, 2.24) is 0 Å². The molecule has 0 aromatic heterocycles. The van der Waals surface area contributed by atoms with E-state index in [9.17, 15) is 4.79 Å². The van der Waals surface area contributed by atoms with Crippen LogP contribution in [-0.4, -0.2) is 25.3 Å². The van der Waals surface area contributed by atoms with Gasteiger partial charge in [0.1, 0.15) is 6.10 Å². The highest BCUT2D eigenvalue weighted by Gasteiger charge is 2.32. The van der Waals surface area contributed by atoms with Crippen molar-refractivity contribution in [2.24, 2.45) is 5.41 Å². The lowest BCUT2D eigenvalue weighted by Crippen LogP contribution is -2.40. The molecule has 2 unspecified atom stereocenters. The standard InChI is InChI=1S/C10H20O3/c1-7(12-6)9(10(3,4)5)13-8(2)11/h7,9H,1-6H3. The lowest BCUT2D eigenvalue weighted by Gasteiger charge is -2.33. The summed E-state index contributed by atoms with van der Waals surface area (Å²) in [6.45, 7) is 9.39. The number of carbonyl (C=O) groups excluding carboxylic acids is 1. The minimum Gasteiger partial charge on any atom is -0.459 e. The first kappa shape index (κ1) is 12.4. The van der Waals surface area contributed by atoms with Gasteiger partial charge in [0.25, 0.3) is 0 Å². The summed E-state index contributed by atoms with van der Waals surface area (Å²) < 4.78 is 10.4. The molecule has 0 aromatic rings. The van der Waals surface area contributed by atoms with Gasteiger partial charge < -0.3 is 9.47 Å². The van der Waals surface area contributed by atoms with Crippen LogP contribution in [-0.2, 0) is 14.3 Å². The quantitative estimate of drug-likeness (QED) is 0.635. The Morgan fingerprint density at radius 2 is 1.77 bits per heavy atom. The summed E-state index contributed by atoms with van der Waals surface area (Å²) in [5.41, 5.74) is -0.0961. The molecule has 0 fully saturated rings. The summed E-state index contributed by atoms with van der Waals surface area (Å²) in [6, 6.07) is 0. The fourth-order valence-corrected chi connectivity index (χ4v) is 1.28. The van der Waals surface area contributed by atoms with Crippen LogP contribution >= 0.6 is 0 Å². The molecule has 0 rings (SSSR count). The molecule has 0 aliphatic rings. The maximum atomic E-state index is 10.8. The van der Waals surface area contributed by atoms with Crippen LogP contribution in [0, 0.1) is 5.41 Å². The van der Waals surface area contributed by atoms with Gasteiger partial charge in [0.15, 0.2) is 0 Å². The molecule has 0 amide bonds. The number of carbonyl (C=O) groups is 1. The topological polar surface area (TPSA) is 35.5 Å². The van der Waals surface area contributed by atoms with Crippen LogP contribution in [0.5, 0.6) is 0 Å². The predicted molar refractivity (Wildman–Crippen MR) is 51.5 cm³/mol. The van der Waals surface area contributed by atoms with E-state index in [1.54, 1.807) is 7.11 Å².